The minimum absolute atomic E-state index is 0.373. The minimum atomic E-state index is 0.373. The van der Waals surface area contributed by atoms with Crippen molar-refractivity contribution < 1.29 is 4.42 Å². The normalized spacial score (nSPS) is 11.1. The second kappa shape index (κ2) is 4.45. The van der Waals surface area contributed by atoms with Crippen molar-refractivity contribution >= 4 is 12.2 Å². The molecule has 0 aromatic carbocycles. The first-order valence-corrected chi connectivity index (χ1v) is 6.06. The fourth-order valence-corrected chi connectivity index (χ4v) is 2.48. The first kappa shape index (κ1) is 12.0. The van der Waals surface area contributed by atoms with E-state index in [2.05, 4.69) is 23.8 Å². The molecule has 0 fully saturated rings. The van der Waals surface area contributed by atoms with E-state index in [1.165, 1.54) is 0 Å². The predicted molar refractivity (Wildman–Crippen MR) is 70.7 cm³/mol. The van der Waals surface area contributed by atoms with Crippen LogP contribution in [-0.2, 0) is 0 Å². The smallest absolute Gasteiger partial charge is 0.175 e. The molecule has 0 saturated carbocycles. The van der Waals surface area contributed by atoms with Gasteiger partial charge in [-0.1, -0.05) is 26.1 Å². The number of nitrogens with one attached hydrogen (secondary N) is 1. The van der Waals surface area contributed by atoms with Crippen molar-refractivity contribution in [2.24, 2.45) is 0 Å². The number of H-pyrrole nitrogens is 1. The van der Waals surface area contributed by atoms with Crippen LogP contribution in [0.25, 0.3) is 11.6 Å². The topological polar surface area (TPSA) is 41.8 Å². The van der Waals surface area contributed by atoms with Gasteiger partial charge in [0.2, 0.25) is 0 Å². The second-order valence-corrected chi connectivity index (χ2v) is 4.90. The lowest BCUT2D eigenvalue weighted by Crippen LogP contribution is -2.01. The van der Waals surface area contributed by atoms with Gasteiger partial charge in [0.25, 0.3) is 0 Å². The molecule has 0 aliphatic rings. The molecule has 17 heavy (non-hydrogen) atoms. The van der Waals surface area contributed by atoms with E-state index in [1.807, 2.05) is 19.9 Å². The largest absolute Gasteiger partial charge is 0.461 e. The number of aryl methyl sites for hydroxylation is 2. The van der Waals surface area contributed by atoms with Crippen molar-refractivity contribution in [2.75, 3.05) is 0 Å². The first-order chi connectivity index (χ1) is 8.00. The maximum atomic E-state index is 5.42. The van der Waals surface area contributed by atoms with Crippen LogP contribution in [0.15, 0.2) is 16.7 Å². The quantitative estimate of drug-likeness (QED) is 0.812. The Hall–Kier alpha value is -1.42. The molecule has 0 spiro atoms. The van der Waals surface area contributed by atoms with Crippen LogP contribution in [0.2, 0.25) is 0 Å². The summed E-state index contributed by atoms with van der Waals surface area (Å²) >= 11 is 5.35. The van der Waals surface area contributed by atoms with Crippen molar-refractivity contribution in [3.8, 4) is 11.6 Å². The Labute approximate surface area is 106 Å². The minimum Gasteiger partial charge on any atom is -0.461 e. The van der Waals surface area contributed by atoms with Crippen LogP contribution in [0, 0.1) is 18.5 Å². The molecule has 0 radical (unpaired) electrons. The maximum absolute atomic E-state index is 5.42. The summed E-state index contributed by atoms with van der Waals surface area (Å²) < 4.78 is 6.08. The van der Waals surface area contributed by atoms with Crippen LogP contribution in [-0.4, -0.2) is 9.97 Å². The molecule has 0 bridgehead atoms. The summed E-state index contributed by atoms with van der Waals surface area (Å²) in [5.74, 6) is 1.84. The molecule has 0 amide bonds. The number of aromatic nitrogens is 2. The molecule has 0 unspecified atom stereocenters. The molecule has 0 aliphatic heterocycles. The van der Waals surface area contributed by atoms with Crippen molar-refractivity contribution in [1.29, 1.82) is 0 Å². The van der Waals surface area contributed by atoms with E-state index in [0.717, 1.165) is 22.6 Å². The van der Waals surface area contributed by atoms with Gasteiger partial charge in [-0.05, 0) is 31.4 Å². The van der Waals surface area contributed by atoms with Crippen LogP contribution in [0.4, 0.5) is 0 Å². The van der Waals surface area contributed by atoms with Gasteiger partial charge < -0.3 is 9.40 Å². The maximum Gasteiger partial charge on any atom is 0.175 e. The third-order valence-electron chi connectivity index (χ3n) is 2.81. The van der Waals surface area contributed by atoms with Gasteiger partial charge in [-0.2, -0.15) is 0 Å². The Morgan fingerprint density at radius 3 is 2.53 bits per heavy atom. The molecule has 2 aromatic rings. The van der Waals surface area contributed by atoms with Gasteiger partial charge >= 0.3 is 0 Å². The van der Waals surface area contributed by atoms with Gasteiger partial charge in [-0.3, -0.25) is 0 Å². The average Bonchev–Trinajstić information content (AvgIpc) is 2.62. The SMILES string of the molecule is Cc1ccoc1-c1nc(=S)c(C(C)C)c(C)[nH]1. The average molecular weight is 248 g/mol. The van der Waals surface area contributed by atoms with Crippen LogP contribution in [0.5, 0.6) is 0 Å². The van der Waals surface area contributed by atoms with E-state index < -0.39 is 0 Å². The molecule has 3 nitrogen and oxygen atoms in total. The van der Waals surface area contributed by atoms with Crippen LogP contribution >= 0.6 is 12.2 Å². The first-order valence-electron chi connectivity index (χ1n) is 5.66. The predicted octanol–water partition coefficient (Wildman–Crippen LogP) is 4.14. The summed E-state index contributed by atoms with van der Waals surface area (Å²) in [6.45, 7) is 8.24. The number of hydrogen-bond acceptors (Lipinski definition) is 3. The molecular weight excluding hydrogens is 232 g/mol. The molecular formula is C13H16N2OS. The highest BCUT2D eigenvalue weighted by molar-refractivity contribution is 7.71. The summed E-state index contributed by atoms with van der Waals surface area (Å²) in [7, 11) is 0. The van der Waals surface area contributed by atoms with Crippen LogP contribution in [0.1, 0.15) is 36.6 Å². The zero-order valence-corrected chi connectivity index (χ0v) is 11.3. The van der Waals surface area contributed by atoms with Gasteiger partial charge in [0.15, 0.2) is 11.6 Å². The molecule has 90 valence electrons. The number of furan rings is 1. The zero-order chi connectivity index (χ0) is 12.6. The van der Waals surface area contributed by atoms with E-state index in [0.29, 0.717) is 16.4 Å². The van der Waals surface area contributed by atoms with Gasteiger partial charge in [0, 0.05) is 11.3 Å². The lowest BCUT2D eigenvalue weighted by Gasteiger charge is -2.10. The van der Waals surface area contributed by atoms with Crippen molar-refractivity contribution in [3.05, 3.63) is 33.8 Å². The molecule has 1 N–H and O–H groups in total. The number of hydrogen-bond donors (Lipinski definition) is 1. The fraction of sp³-hybridized carbons (Fsp3) is 0.385. The standard InChI is InChI=1S/C13H16N2OS/c1-7(2)10-9(4)14-12(15-13(10)17)11-8(3)5-6-16-11/h5-7H,1-4H3,(H,14,15,17). The Morgan fingerprint density at radius 2 is 2.06 bits per heavy atom. The summed E-state index contributed by atoms with van der Waals surface area (Å²) in [6.07, 6.45) is 1.66. The zero-order valence-electron chi connectivity index (χ0n) is 10.5. The third-order valence-corrected chi connectivity index (χ3v) is 3.12. The molecule has 0 atom stereocenters. The van der Waals surface area contributed by atoms with E-state index in [1.54, 1.807) is 6.26 Å². The second-order valence-electron chi connectivity index (χ2n) is 4.52. The molecule has 2 heterocycles. The third kappa shape index (κ3) is 2.17. The van der Waals surface area contributed by atoms with E-state index in [4.69, 9.17) is 16.6 Å². The molecule has 2 rings (SSSR count). The van der Waals surface area contributed by atoms with Crippen molar-refractivity contribution in [1.82, 2.24) is 9.97 Å². The van der Waals surface area contributed by atoms with Gasteiger partial charge in [-0.25, -0.2) is 4.98 Å². The van der Waals surface area contributed by atoms with Gasteiger partial charge in [-0.15, -0.1) is 0 Å². The number of rotatable bonds is 2. The van der Waals surface area contributed by atoms with E-state index >= 15 is 0 Å². The highest BCUT2D eigenvalue weighted by Crippen LogP contribution is 2.24. The summed E-state index contributed by atoms with van der Waals surface area (Å²) in [5, 5.41) is 0. The van der Waals surface area contributed by atoms with Gasteiger partial charge in [0.05, 0.1) is 6.26 Å². The lowest BCUT2D eigenvalue weighted by molar-refractivity contribution is 0.574. The Morgan fingerprint density at radius 1 is 1.35 bits per heavy atom. The summed E-state index contributed by atoms with van der Waals surface area (Å²) in [4.78, 5) is 7.69. The van der Waals surface area contributed by atoms with E-state index in [9.17, 15) is 0 Å². The molecule has 0 aliphatic carbocycles. The monoisotopic (exact) mass is 248 g/mol. The van der Waals surface area contributed by atoms with Crippen molar-refractivity contribution in [2.45, 2.75) is 33.6 Å². The Bertz CT molecular complexity index is 596. The molecule has 4 heteroatoms. The molecule has 2 aromatic heterocycles. The summed E-state index contributed by atoms with van der Waals surface area (Å²) in [6, 6.07) is 1.92. The highest BCUT2D eigenvalue weighted by atomic mass is 32.1. The van der Waals surface area contributed by atoms with Crippen LogP contribution in [0.3, 0.4) is 0 Å². The van der Waals surface area contributed by atoms with Crippen LogP contribution < -0.4 is 0 Å². The highest BCUT2D eigenvalue weighted by Gasteiger charge is 2.13. The number of aromatic amines is 1. The fourth-order valence-electron chi connectivity index (χ4n) is 2.00. The molecule has 0 saturated heterocycles. The Balaban J connectivity index is 2.61. The Kier molecular flexibility index (Phi) is 3.15. The summed E-state index contributed by atoms with van der Waals surface area (Å²) in [5.41, 5.74) is 3.22. The van der Waals surface area contributed by atoms with E-state index in [-0.39, 0.29) is 0 Å². The van der Waals surface area contributed by atoms with Crippen molar-refractivity contribution in [3.63, 3.8) is 0 Å². The number of nitrogens with zero attached hydrogens (tertiary/aromatic N) is 1. The van der Waals surface area contributed by atoms with Gasteiger partial charge in [0.1, 0.15) is 4.64 Å². The lowest BCUT2D eigenvalue weighted by atomic mass is 10.0.